The molecule has 2 N–H and O–H groups in total. The molecule has 0 bridgehead atoms. The standard InChI is InChI=1S/C22H22Cl2FN3O4/c1-30-20-5-4-18-21(28-20)14(17(25)9-27-18)7-19(29)22-31-10-13(11-32-22)26-8-12-2-3-15(23)16(24)6-12/h2-6,9,13,19,22,26,29H,7-8,10-11H2,1H3/t13?,19-,22?/m0/s1. The first-order valence-electron chi connectivity index (χ1n) is 10.0. The van der Waals surface area contributed by atoms with Gasteiger partial charge in [0.25, 0.3) is 0 Å². The second-order valence-electron chi connectivity index (χ2n) is 7.44. The predicted molar refractivity (Wildman–Crippen MR) is 119 cm³/mol. The van der Waals surface area contributed by atoms with E-state index in [1.165, 1.54) is 7.11 Å². The molecule has 1 atom stereocenters. The molecule has 4 rings (SSSR count). The Morgan fingerprint density at radius 1 is 1.22 bits per heavy atom. The zero-order valence-corrected chi connectivity index (χ0v) is 18.7. The number of nitrogens with one attached hydrogen (secondary N) is 1. The van der Waals surface area contributed by atoms with Crippen molar-refractivity contribution in [3.05, 3.63) is 63.5 Å². The Bertz CT molecular complexity index is 1100. The summed E-state index contributed by atoms with van der Waals surface area (Å²) < 4.78 is 31.0. The van der Waals surface area contributed by atoms with Gasteiger partial charge >= 0.3 is 0 Å². The third kappa shape index (κ3) is 5.28. The Labute approximate surface area is 194 Å². The van der Waals surface area contributed by atoms with Crippen molar-refractivity contribution >= 4 is 34.2 Å². The Balaban J connectivity index is 1.35. The van der Waals surface area contributed by atoms with Crippen LogP contribution in [0.5, 0.6) is 5.88 Å². The van der Waals surface area contributed by atoms with E-state index in [-0.39, 0.29) is 18.0 Å². The summed E-state index contributed by atoms with van der Waals surface area (Å²) in [5.74, 6) is -0.226. The lowest BCUT2D eigenvalue weighted by Gasteiger charge is -2.32. The number of aliphatic hydroxyl groups is 1. The number of hydrogen-bond donors (Lipinski definition) is 2. The van der Waals surface area contributed by atoms with E-state index in [1.54, 1.807) is 24.3 Å². The van der Waals surface area contributed by atoms with Crippen molar-refractivity contribution in [1.82, 2.24) is 15.3 Å². The number of aliphatic hydroxyl groups excluding tert-OH is 1. The van der Waals surface area contributed by atoms with Gasteiger partial charge in [0.1, 0.15) is 11.9 Å². The van der Waals surface area contributed by atoms with Crippen molar-refractivity contribution in [2.75, 3.05) is 20.3 Å². The quantitative estimate of drug-likeness (QED) is 0.533. The molecule has 0 spiro atoms. The monoisotopic (exact) mass is 481 g/mol. The molecule has 1 aliphatic rings. The minimum Gasteiger partial charge on any atom is -0.481 e. The van der Waals surface area contributed by atoms with E-state index in [4.69, 9.17) is 37.4 Å². The lowest BCUT2D eigenvalue weighted by molar-refractivity contribution is -0.230. The molecule has 0 aliphatic carbocycles. The van der Waals surface area contributed by atoms with Crippen LogP contribution in [0.4, 0.5) is 4.39 Å². The maximum Gasteiger partial charge on any atom is 0.213 e. The molecule has 0 amide bonds. The van der Waals surface area contributed by atoms with Crippen molar-refractivity contribution in [2.45, 2.75) is 31.4 Å². The molecule has 2 aromatic heterocycles. The fourth-order valence-electron chi connectivity index (χ4n) is 3.46. The molecular formula is C22H22Cl2FN3O4. The molecule has 1 fully saturated rings. The molecule has 0 unspecified atom stereocenters. The zero-order chi connectivity index (χ0) is 22.7. The van der Waals surface area contributed by atoms with Gasteiger partial charge in [-0.05, 0) is 23.8 Å². The minimum atomic E-state index is -1.08. The zero-order valence-electron chi connectivity index (χ0n) is 17.2. The molecule has 0 saturated carbocycles. The van der Waals surface area contributed by atoms with Crippen molar-refractivity contribution in [1.29, 1.82) is 0 Å². The summed E-state index contributed by atoms with van der Waals surface area (Å²) in [6.07, 6.45) is -0.897. The number of halogens is 3. The Kier molecular flexibility index (Phi) is 7.40. The molecule has 1 aromatic carbocycles. The SMILES string of the molecule is COc1ccc2ncc(F)c(C[C@H](O)C3OCC(NCc4ccc(Cl)c(Cl)c4)CO3)c2n1. The van der Waals surface area contributed by atoms with Gasteiger partial charge in [-0.1, -0.05) is 29.3 Å². The molecule has 1 saturated heterocycles. The van der Waals surface area contributed by atoms with Crippen LogP contribution in [0, 0.1) is 5.82 Å². The highest BCUT2D eigenvalue weighted by molar-refractivity contribution is 6.42. The van der Waals surface area contributed by atoms with Gasteiger partial charge in [0, 0.05) is 24.6 Å². The first-order valence-corrected chi connectivity index (χ1v) is 10.8. The predicted octanol–water partition coefficient (Wildman–Crippen LogP) is 3.52. The van der Waals surface area contributed by atoms with Crippen LogP contribution in [0.15, 0.2) is 36.5 Å². The highest BCUT2D eigenvalue weighted by atomic mass is 35.5. The molecule has 10 heteroatoms. The highest BCUT2D eigenvalue weighted by Crippen LogP contribution is 2.25. The van der Waals surface area contributed by atoms with Crippen molar-refractivity contribution in [2.24, 2.45) is 0 Å². The second-order valence-corrected chi connectivity index (χ2v) is 8.25. The van der Waals surface area contributed by atoms with E-state index in [1.807, 2.05) is 6.07 Å². The molecule has 32 heavy (non-hydrogen) atoms. The van der Waals surface area contributed by atoms with Crippen molar-refractivity contribution < 1.29 is 23.7 Å². The van der Waals surface area contributed by atoms with Gasteiger partial charge < -0.3 is 24.6 Å². The molecular weight excluding hydrogens is 460 g/mol. The van der Waals surface area contributed by atoms with E-state index in [9.17, 15) is 9.50 Å². The smallest absolute Gasteiger partial charge is 0.213 e. The van der Waals surface area contributed by atoms with E-state index in [2.05, 4.69) is 15.3 Å². The maximum absolute atomic E-state index is 14.5. The Morgan fingerprint density at radius 3 is 2.72 bits per heavy atom. The van der Waals surface area contributed by atoms with E-state index < -0.39 is 18.2 Å². The van der Waals surface area contributed by atoms with Gasteiger partial charge in [0.2, 0.25) is 5.88 Å². The van der Waals surface area contributed by atoms with E-state index in [0.29, 0.717) is 46.7 Å². The Morgan fingerprint density at radius 2 is 2.00 bits per heavy atom. The molecule has 7 nitrogen and oxygen atoms in total. The van der Waals surface area contributed by atoms with Gasteiger partial charge in [0.15, 0.2) is 6.29 Å². The second kappa shape index (κ2) is 10.2. The summed E-state index contributed by atoms with van der Waals surface area (Å²) in [4.78, 5) is 8.33. The number of pyridine rings is 2. The van der Waals surface area contributed by atoms with Crippen LogP contribution in [0.2, 0.25) is 10.0 Å². The summed E-state index contributed by atoms with van der Waals surface area (Å²) in [6.45, 7) is 1.21. The average Bonchev–Trinajstić information content (AvgIpc) is 2.81. The summed E-state index contributed by atoms with van der Waals surface area (Å²) in [6, 6.07) is 8.69. The maximum atomic E-state index is 14.5. The number of hydrogen-bond acceptors (Lipinski definition) is 7. The number of aromatic nitrogens is 2. The summed E-state index contributed by atoms with van der Waals surface area (Å²) >= 11 is 12.0. The number of nitrogens with zero attached hydrogens (tertiary/aromatic N) is 2. The largest absolute Gasteiger partial charge is 0.481 e. The first kappa shape index (κ1) is 23.1. The molecule has 1 aliphatic heterocycles. The number of methoxy groups -OCH3 is 1. The van der Waals surface area contributed by atoms with Crippen molar-refractivity contribution in [3.8, 4) is 5.88 Å². The van der Waals surface area contributed by atoms with Gasteiger partial charge in [0.05, 0.1) is 53.6 Å². The lowest BCUT2D eigenvalue weighted by Crippen LogP contribution is -2.48. The van der Waals surface area contributed by atoms with Gasteiger partial charge in [-0.25, -0.2) is 9.37 Å². The normalized spacial score (nSPS) is 19.8. The number of benzene rings is 1. The van der Waals surface area contributed by atoms with Crippen LogP contribution < -0.4 is 10.1 Å². The fourth-order valence-corrected chi connectivity index (χ4v) is 3.78. The molecule has 3 aromatic rings. The van der Waals surface area contributed by atoms with Gasteiger partial charge in [-0.15, -0.1) is 0 Å². The first-order chi connectivity index (χ1) is 15.4. The van der Waals surface area contributed by atoms with Crippen LogP contribution in [-0.4, -0.2) is 53.8 Å². The molecule has 3 heterocycles. The third-order valence-corrected chi connectivity index (χ3v) is 5.92. The van der Waals surface area contributed by atoms with Crippen LogP contribution in [0.25, 0.3) is 11.0 Å². The number of ether oxygens (including phenoxy) is 3. The summed E-state index contributed by atoms with van der Waals surface area (Å²) in [7, 11) is 1.48. The van der Waals surface area contributed by atoms with Crippen LogP contribution in [-0.2, 0) is 22.4 Å². The summed E-state index contributed by atoms with van der Waals surface area (Å²) in [5, 5.41) is 15.0. The Hall–Kier alpha value is -2.07. The van der Waals surface area contributed by atoms with E-state index in [0.717, 1.165) is 11.8 Å². The third-order valence-electron chi connectivity index (χ3n) is 5.18. The number of fused-ring (bicyclic) bond motifs is 1. The lowest BCUT2D eigenvalue weighted by atomic mass is 10.1. The fraction of sp³-hybridized carbons (Fsp3) is 0.364. The van der Waals surface area contributed by atoms with Gasteiger partial charge in [-0.3, -0.25) is 4.98 Å². The van der Waals surface area contributed by atoms with Crippen LogP contribution in [0.1, 0.15) is 11.1 Å². The molecule has 0 radical (unpaired) electrons. The van der Waals surface area contributed by atoms with Crippen molar-refractivity contribution in [3.63, 3.8) is 0 Å². The van der Waals surface area contributed by atoms with Crippen LogP contribution >= 0.6 is 23.2 Å². The number of rotatable bonds is 7. The average molecular weight is 482 g/mol. The molecule has 170 valence electrons. The van der Waals surface area contributed by atoms with Gasteiger partial charge in [-0.2, -0.15) is 0 Å². The highest BCUT2D eigenvalue weighted by Gasteiger charge is 2.29. The minimum absolute atomic E-state index is 0.0446. The van der Waals surface area contributed by atoms with E-state index >= 15 is 0 Å². The topological polar surface area (TPSA) is 85.7 Å². The van der Waals surface area contributed by atoms with Crippen LogP contribution in [0.3, 0.4) is 0 Å². The summed E-state index contributed by atoms with van der Waals surface area (Å²) in [5.41, 5.74) is 2.05.